The standard InChI is InChI=1S/C16H15N3O4/c1-2-12(20)14-8-19(16(21)23-14)10-3-4-11-13(7-10)22-9-15-17-5-6-18(11)15/h2-7,12,14,20H,1,8-9H2/t12?,14-/m1/s1. The molecule has 1 saturated heterocycles. The highest BCUT2D eigenvalue weighted by atomic mass is 16.6. The van der Waals surface area contributed by atoms with Crippen molar-refractivity contribution in [3.63, 3.8) is 0 Å². The molecule has 0 radical (unpaired) electrons. The highest BCUT2D eigenvalue weighted by Gasteiger charge is 2.36. The number of carbonyl (C=O) groups excluding carboxylic acids is 1. The van der Waals surface area contributed by atoms with Crippen molar-refractivity contribution >= 4 is 11.8 Å². The number of hydrogen-bond acceptors (Lipinski definition) is 5. The number of aromatic nitrogens is 2. The Morgan fingerprint density at radius 2 is 2.35 bits per heavy atom. The van der Waals surface area contributed by atoms with Gasteiger partial charge in [0.05, 0.1) is 17.9 Å². The molecule has 2 aromatic rings. The number of rotatable bonds is 3. The number of ether oxygens (including phenoxy) is 2. The number of anilines is 1. The van der Waals surface area contributed by atoms with Crippen LogP contribution in [-0.2, 0) is 11.3 Å². The molecule has 7 heteroatoms. The third-order valence-corrected chi connectivity index (χ3v) is 4.05. The van der Waals surface area contributed by atoms with Crippen molar-refractivity contribution in [2.45, 2.75) is 18.8 Å². The molecule has 4 rings (SSSR count). The van der Waals surface area contributed by atoms with Crippen LogP contribution >= 0.6 is 0 Å². The molecule has 0 saturated carbocycles. The van der Waals surface area contributed by atoms with Gasteiger partial charge < -0.3 is 14.6 Å². The normalized spacial score (nSPS) is 20.3. The minimum absolute atomic E-state index is 0.265. The Morgan fingerprint density at radius 3 is 3.17 bits per heavy atom. The molecule has 0 spiro atoms. The van der Waals surface area contributed by atoms with Gasteiger partial charge in [-0.25, -0.2) is 9.78 Å². The quantitative estimate of drug-likeness (QED) is 0.872. The maximum atomic E-state index is 12.0. The van der Waals surface area contributed by atoms with Gasteiger partial charge in [0.1, 0.15) is 18.5 Å². The summed E-state index contributed by atoms with van der Waals surface area (Å²) in [6, 6.07) is 5.49. The van der Waals surface area contributed by atoms with E-state index in [0.717, 1.165) is 11.5 Å². The largest absolute Gasteiger partial charge is 0.483 e. The second-order valence-corrected chi connectivity index (χ2v) is 5.41. The first-order valence-electron chi connectivity index (χ1n) is 7.25. The molecule has 1 aromatic heterocycles. The number of carbonyl (C=O) groups is 1. The van der Waals surface area contributed by atoms with E-state index in [2.05, 4.69) is 11.6 Å². The Kier molecular flexibility index (Phi) is 3.09. The molecule has 2 aliphatic heterocycles. The van der Waals surface area contributed by atoms with Crippen molar-refractivity contribution in [1.82, 2.24) is 9.55 Å². The third kappa shape index (κ3) is 2.17. The Balaban J connectivity index is 1.65. The zero-order chi connectivity index (χ0) is 16.0. The summed E-state index contributed by atoms with van der Waals surface area (Å²) in [5, 5.41) is 9.76. The van der Waals surface area contributed by atoms with Gasteiger partial charge in [-0.3, -0.25) is 9.47 Å². The molecule has 0 bridgehead atoms. The van der Waals surface area contributed by atoms with Crippen molar-refractivity contribution in [2.24, 2.45) is 0 Å². The minimum Gasteiger partial charge on any atom is -0.483 e. The zero-order valence-corrected chi connectivity index (χ0v) is 12.3. The molecule has 0 aliphatic carbocycles. The van der Waals surface area contributed by atoms with Crippen LogP contribution in [0.15, 0.2) is 43.2 Å². The lowest BCUT2D eigenvalue weighted by Crippen LogP contribution is -2.29. The summed E-state index contributed by atoms with van der Waals surface area (Å²) in [4.78, 5) is 17.7. The molecule has 23 heavy (non-hydrogen) atoms. The lowest BCUT2D eigenvalue weighted by atomic mass is 10.2. The summed E-state index contributed by atoms with van der Waals surface area (Å²) in [5.41, 5.74) is 1.54. The van der Waals surface area contributed by atoms with Gasteiger partial charge in [0.2, 0.25) is 0 Å². The summed E-state index contributed by atoms with van der Waals surface area (Å²) < 4.78 is 12.8. The predicted molar refractivity (Wildman–Crippen MR) is 81.7 cm³/mol. The van der Waals surface area contributed by atoms with E-state index in [1.54, 1.807) is 12.3 Å². The van der Waals surface area contributed by atoms with Crippen LogP contribution in [0.4, 0.5) is 10.5 Å². The smallest absolute Gasteiger partial charge is 0.414 e. The van der Waals surface area contributed by atoms with Gasteiger partial charge in [-0.1, -0.05) is 6.08 Å². The summed E-state index contributed by atoms with van der Waals surface area (Å²) in [6.45, 7) is 4.16. The maximum Gasteiger partial charge on any atom is 0.414 e. The lowest BCUT2D eigenvalue weighted by Gasteiger charge is -2.22. The highest BCUT2D eigenvalue weighted by molar-refractivity contribution is 5.90. The van der Waals surface area contributed by atoms with Gasteiger partial charge in [0.25, 0.3) is 0 Å². The van der Waals surface area contributed by atoms with Crippen molar-refractivity contribution in [2.75, 3.05) is 11.4 Å². The van der Waals surface area contributed by atoms with E-state index in [9.17, 15) is 9.90 Å². The van der Waals surface area contributed by atoms with Crippen LogP contribution < -0.4 is 9.64 Å². The van der Waals surface area contributed by atoms with E-state index < -0.39 is 18.3 Å². The highest BCUT2D eigenvalue weighted by Crippen LogP contribution is 2.34. The number of hydrogen-bond donors (Lipinski definition) is 1. The predicted octanol–water partition coefficient (Wildman–Crippen LogP) is 1.64. The van der Waals surface area contributed by atoms with E-state index in [1.165, 1.54) is 11.0 Å². The fourth-order valence-electron chi connectivity index (χ4n) is 2.81. The van der Waals surface area contributed by atoms with Crippen LogP contribution in [0.3, 0.4) is 0 Å². The first kappa shape index (κ1) is 13.8. The molecule has 1 amide bonds. The fraction of sp³-hybridized carbons (Fsp3) is 0.250. The number of cyclic esters (lactones) is 1. The van der Waals surface area contributed by atoms with E-state index in [4.69, 9.17) is 9.47 Å². The molecule has 1 unspecified atom stereocenters. The topological polar surface area (TPSA) is 76.8 Å². The molecular weight excluding hydrogens is 298 g/mol. The lowest BCUT2D eigenvalue weighted by molar-refractivity contribution is 0.0593. The third-order valence-electron chi connectivity index (χ3n) is 4.05. The van der Waals surface area contributed by atoms with Crippen LogP contribution in [-0.4, -0.2) is 39.5 Å². The molecular formula is C16H15N3O4. The Morgan fingerprint density at radius 1 is 1.48 bits per heavy atom. The number of aliphatic hydroxyl groups is 1. The van der Waals surface area contributed by atoms with E-state index in [-0.39, 0.29) is 6.54 Å². The SMILES string of the molecule is C=CC(O)[C@H]1CN(c2ccc3c(c2)OCc2nccn2-3)C(=O)O1. The van der Waals surface area contributed by atoms with E-state index in [1.807, 2.05) is 22.9 Å². The monoisotopic (exact) mass is 313 g/mol. The average molecular weight is 313 g/mol. The van der Waals surface area contributed by atoms with Gasteiger partial charge in [-0.05, 0) is 12.1 Å². The van der Waals surface area contributed by atoms with E-state index >= 15 is 0 Å². The van der Waals surface area contributed by atoms with Crippen LogP contribution in [0.2, 0.25) is 0 Å². The second-order valence-electron chi connectivity index (χ2n) is 5.41. The van der Waals surface area contributed by atoms with Crippen LogP contribution in [0.5, 0.6) is 5.75 Å². The molecule has 3 heterocycles. The van der Waals surface area contributed by atoms with Crippen LogP contribution in [0.25, 0.3) is 5.69 Å². The number of aliphatic hydroxyl groups excluding tert-OH is 1. The fourth-order valence-corrected chi connectivity index (χ4v) is 2.81. The van der Waals surface area contributed by atoms with Gasteiger partial charge >= 0.3 is 6.09 Å². The van der Waals surface area contributed by atoms with Gasteiger partial charge in [-0.15, -0.1) is 6.58 Å². The van der Waals surface area contributed by atoms with Crippen LogP contribution in [0, 0.1) is 0 Å². The van der Waals surface area contributed by atoms with Gasteiger partial charge in [-0.2, -0.15) is 0 Å². The van der Waals surface area contributed by atoms with Crippen molar-refractivity contribution < 1.29 is 19.4 Å². The maximum absolute atomic E-state index is 12.0. The Labute approximate surface area is 132 Å². The number of nitrogens with zero attached hydrogens (tertiary/aromatic N) is 3. The Bertz CT molecular complexity index is 785. The van der Waals surface area contributed by atoms with Crippen molar-refractivity contribution in [1.29, 1.82) is 0 Å². The summed E-state index contributed by atoms with van der Waals surface area (Å²) in [5.74, 6) is 1.51. The Hall–Kier alpha value is -2.80. The van der Waals surface area contributed by atoms with E-state index in [0.29, 0.717) is 18.0 Å². The summed E-state index contributed by atoms with van der Waals surface area (Å²) in [6.07, 6.45) is 2.97. The minimum atomic E-state index is -0.883. The number of imidazole rings is 1. The number of amides is 1. The molecule has 2 atom stereocenters. The second kappa shape index (κ2) is 5.13. The average Bonchev–Trinajstić information content (AvgIpc) is 3.20. The molecule has 118 valence electrons. The molecule has 1 aromatic carbocycles. The molecule has 1 fully saturated rings. The van der Waals surface area contributed by atoms with Crippen LogP contribution in [0.1, 0.15) is 5.82 Å². The zero-order valence-electron chi connectivity index (χ0n) is 12.3. The first-order valence-corrected chi connectivity index (χ1v) is 7.25. The van der Waals surface area contributed by atoms with Crippen molar-refractivity contribution in [3.8, 4) is 11.4 Å². The summed E-state index contributed by atoms with van der Waals surface area (Å²) >= 11 is 0. The number of benzene rings is 1. The van der Waals surface area contributed by atoms with Gasteiger partial charge in [0, 0.05) is 18.5 Å². The summed E-state index contributed by atoms with van der Waals surface area (Å²) in [7, 11) is 0. The van der Waals surface area contributed by atoms with Crippen molar-refractivity contribution in [3.05, 3.63) is 49.1 Å². The molecule has 1 N–H and O–H groups in total. The number of fused-ring (bicyclic) bond motifs is 3. The first-order chi connectivity index (χ1) is 11.2. The molecule has 7 nitrogen and oxygen atoms in total. The van der Waals surface area contributed by atoms with Gasteiger partial charge in [0.15, 0.2) is 11.9 Å². The molecule has 2 aliphatic rings.